The number of hydrogen-bond donors (Lipinski definition) is 0. The van der Waals surface area contributed by atoms with Crippen molar-refractivity contribution in [2.24, 2.45) is 0 Å². The molecule has 0 radical (unpaired) electrons. The van der Waals surface area contributed by atoms with E-state index >= 15 is 0 Å². The summed E-state index contributed by atoms with van der Waals surface area (Å²) in [7, 11) is 0. The molecule has 18 heteroatoms. The molecule has 0 saturated carbocycles. The Hall–Kier alpha value is -1.92. The van der Waals surface area contributed by atoms with Crippen LogP contribution in [0.2, 0.25) is 20.1 Å². The van der Waals surface area contributed by atoms with Crippen LogP contribution in [0, 0.1) is 0 Å². The predicted molar refractivity (Wildman–Crippen MR) is 276 cm³/mol. The molecule has 10 aromatic rings. The zero-order valence-corrected chi connectivity index (χ0v) is 45.3. The Labute approximate surface area is 433 Å². The molecule has 0 unspecified atom stereocenters. The minimum absolute atomic E-state index is 0.272. The van der Waals surface area contributed by atoms with Gasteiger partial charge in [-0.1, -0.05) is 174 Å². The molecule has 0 N–H and O–H groups in total. The molecular formula is C44H8Br8Cl4O6. The fourth-order valence-corrected chi connectivity index (χ4v) is 16.4. The summed E-state index contributed by atoms with van der Waals surface area (Å²) in [5.74, 6) is -2.89. The van der Waals surface area contributed by atoms with Crippen molar-refractivity contribution >= 4 is 284 Å². The minimum Gasteiger partial charge on any atom is -0.386 e. The number of benzene rings is 10. The number of fused-ring (bicyclic) bond motifs is 4. The molecule has 0 bridgehead atoms. The molecular weight excluding hydrogens is 1410 g/mol. The fraction of sp³-hybridized carbons (Fsp3) is 0. The highest BCUT2D eigenvalue weighted by atomic mass is 79.9. The number of halogens is 12. The second-order valence-corrected chi connectivity index (χ2v) is 22.8. The summed E-state index contributed by atoms with van der Waals surface area (Å²) in [5, 5.41) is 14.7. The summed E-state index contributed by atoms with van der Waals surface area (Å²) in [5.41, 5.74) is 1.09. The van der Waals surface area contributed by atoms with Crippen molar-refractivity contribution < 1.29 is 28.7 Å². The standard InChI is InChI=1S/C24H4Br4O6.C20H4Br4Cl4/c25-9-1-5-13-6(22(30)33-21(5)29)2-11(27)17-18-12(28)4-8-14-7(23(31)34-24(8)32)3-10(26)16(20(14)18)15(9)19(13)17;21-5-1-9(25)15-16-10(26)3-7(23)14-8(24)4-12(28)18(20(14)16)17-11(27)2-6(22)13(5)19(15)17/h1-4H;1-4H. The van der Waals surface area contributed by atoms with Gasteiger partial charge in [0.25, 0.3) is 0 Å². The third kappa shape index (κ3) is 5.71. The molecule has 0 spiro atoms. The molecule has 0 amide bonds. The van der Waals surface area contributed by atoms with E-state index in [0.29, 0.717) is 59.5 Å². The molecule has 0 aromatic heterocycles. The summed E-state index contributed by atoms with van der Waals surface area (Å²) in [6, 6.07) is 14.1. The molecule has 2 heterocycles. The summed E-state index contributed by atoms with van der Waals surface area (Å²) in [6.07, 6.45) is 0. The Morgan fingerprint density at radius 3 is 0.677 bits per heavy atom. The lowest BCUT2D eigenvalue weighted by Crippen LogP contribution is -2.21. The molecule has 0 aliphatic carbocycles. The van der Waals surface area contributed by atoms with E-state index in [1.807, 2.05) is 24.3 Å². The molecule has 304 valence electrons. The first-order valence-electron chi connectivity index (χ1n) is 17.5. The Bertz CT molecular complexity index is 3450. The minimum atomic E-state index is -0.722. The monoisotopic (exact) mass is 1400 g/mol. The van der Waals surface area contributed by atoms with Crippen molar-refractivity contribution in [3.8, 4) is 0 Å². The van der Waals surface area contributed by atoms with Crippen LogP contribution in [-0.4, -0.2) is 23.9 Å². The lowest BCUT2D eigenvalue weighted by Gasteiger charge is -2.25. The number of esters is 4. The van der Waals surface area contributed by atoms with E-state index in [1.165, 1.54) is 0 Å². The van der Waals surface area contributed by atoms with E-state index in [4.69, 9.17) is 55.9 Å². The topological polar surface area (TPSA) is 86.7 Å². The van der Waals surface area contributed by atoms with Crippen molar-refractivity contribution in [1.29, 1.82) is 0 Å². The number of rotatable bonds is 0. The van der Waals surface area contributed by atoms with Crippen LogP contribution >= 0.6 is 174 Å². The molecule has 2 aliphatic heterocycles. The highest BCUT2D eigenvalue weighted by molar-refractivity contribution is 9.12. The summed E-state index contributed by atoms with van der Waals surface area (Å²) >= 11 is 56.1. The van der Waals surface area contributed by atoms with Gasteiger partial charge in [0, 0.05) is 122 Å². The Balaban J connectivity index is 0.000000142. The van der Waals surface area contributed by atoms with E-state index in [9.17, 15) is 19.2 Å². The Morgan fingerprint density at radius 2 is 0.452 bits per heavy atom. The third-order valence-corrected chi connectivity index (χ3v) is 17.5. The van der Waals surface area contributed by atoms with Crippen molar-refractivity contribution in [3.63, 3.8) is 0 Å². The lowest BCUT2D eigenvalue weighted by atomic mass is 9.83. The zero-order chi connectivity index (χ0) is 43.9. The van der Waals surface area contributed by atoms with Crippen LogP contribution < -0.4 is 0 Å². The van der Waals surface area contributed by atoms with Crippen LogP contribution in [0.1, 0.15) is 41.4 Å². The van der Waals surface area contributed by atoms with Gasteiger partial charge in [-0.3, -0.25) is 0 Å². The second kappa shape index (κ2) is 14.8. The smallest absolute Gasteiger partial charge is 0.346 e. The number of carbonyl (C=O) groups excluding carboxylic acids is 4. The first-order chi connectivity index (χ1) is 29.4. The van der Waals surface area contributed by atoms with Crippen LogP contribution in [0.5, 0.6) is 0 Å². The van der Waals surface area contributed by atoms with Gasteiger partial charge in [0.15, 0.2) is 0 Å². The predicted octanol–water partition coefficient (Wildman–Crippen LogP) is 18.8. The van der Waals surface area contributed by atoms with Gasteiger partial charge in [-0.2, -0.15) is 0 Å². The highest BCUT2D eigenvalue weighted by Crippen LogP contribution is 2.56. The lowest BCUT2D eigenvalue weighted by molar-refractivity contribution is 0.0373. The number of hydrogen-bond acceptors (Lipinski definition) is 6. The zero-order valence-electron chi connectivity index (χ0n) is 29.6. The van der Waals surface area contributed by atoms with Crippen LogP contribution in [0.3, 0.4) is 0 Å². The summed E-state index contributed by atoms with van der Waals surface area (Å²) in [4.78, 5) is 50.6. The maximum Gasteiger partial charge on any atom is 0.346 e. The number of carbonyl (C=O) groups is 4. The first-order valence-corrected chi connectivity index (χ1v) is 25.4. The number of cyclic esters (lactones) is 4. The van der Waals surface area contributed by atoms with Gasteiger partial charge >= 0.3 is 23.9 Å². The van der Waals surface area contributed by atoms with E-state index in [1.54, 1.807) is 24.3 Å². The SMILES string of the molecule is Clc1cc(Br)c2c(Br)cc(Cl)c3c4c(Cl)cc(Br)c5c(Br)cc(Cl)c(c1c23)c54.O=C1OC(=O)c2cc(Br)c3c4c(Br)cc5c6c(cc(Br)c(c7c(Br)cc1c2c73)c64)C(=O)OC5=O. The van der Waals surface area contributed by atoms with Gasteiger partial charge in [0.2, 0.25) is 0 Å². The largest absolute Gasteiger partial charge is 0.386 e. The van der Waals surface area contributed by atoms with Gasteiger partial charge in [-0.05, 0) is 48.5 Å². The fourth-order valence-electron chi connectivity index (χ4n) is 9.08. The summed E-state index contributed by atoms with van der Waals surface area (Å²) in [6.45, 7) is 0. The van der Waals surface area contributed by atoms with Gasteiger partial charge in [-0.25, -0.2) is 19.2 Å². The highest BCUT2D eigenvalue weighted by Gasteiger charge is 2.36. The van der Waals surface area contributed by atoms with Gasteiger partial charge in [-0.15, -0.1) is 0 Å². The van der Waals surface area contributed by atoms with Gasteiger partial charge < -0.3 is 9.47 Å². The maximum absolute atomic E-state index is 12.6. The average molecular weight is 1410 g/mol. The molecule has 0 saturated heterocycles. The van der Waals surface area contributed by atoms with E-state index in [0.717, 1.165) is 82.5 Å². The van der Waals surface area contributed by atoms with E-state index in [2.05, 4.69) is 127 Å². The average Bonchev–Trinajstić information content (AvgIpc) is 3.19. The van der Waals surface area contributed by atoms with Gasteiger partial charge in [0.05, 0.1) is 42.3 Å². The van der Waals surface area contributed by atoms with Crippen molar-refractivity contribution in [3.05, 3.63) is 127 Å². The van der Waals surface area contributed by atoms with E-state index < -0.39 is 23.9 Å². The second-order valence-electron chi connectivity index (χ2n) is 14.3. The normalized spacial score (nSPS) is 13.9. The molecule has 2 aliphatic rings. The van der Waals surface area contributed by atoms with Crippen molar-refractivity contribution in [2.45, 2.75) is 0 Å². The quantitative estimate of drug-likeness (QED) is 0.0651. The van der Waals surface area contributed by atoms with Gasteiger partial charge in [0.1, 0.15) is 0 Å². The van der Waals surface area contributed by atoms with E-state index in [-0.39, 0.29) is 22.3 Å². The first kappa shape index (κ1) is 42.7. The van der Waals surface area contributed by atoms with Crippen LogP contribution in [0.4, 0.5) is 0 Å². The maximum atomic E-state index is 12.6. The number of ether oxygens (including phenoxy) is 2. The summed E-state index contributed by atoms with van der Waals surface area (Å²) < 4.78 is 15.8. The third-order valence-electron chi connectivity index (χ3n) is 11.3. The van der Waals surface area contributed by atoms with Crippen molar-refractivity contribution in [1.82, 2.24) is 0 Å². The van der Waals surface area contributed by atoms with Crippen LogP contribution in [-0.2, 0) is 9.47 Å². The molecule has 6 nitrogen and oxygen atoms in total. The molecule has 12 rings (SSSR count). The van der Waals surface area contributed by atoms with Crippen LogP contribution in [0.15, 0.2) is 84.3 Å². The molecule has 10 aromatic carbocycles. The molecule has 0 fully saturated rings. The molecule has 0 atom stereocenters. The Morgan fingerprint density at radius 1 is 0.258 bits per heavy atom. The Kier molecular flexibility index (Phi) is 10.2. The van der Waals surface area contributed by atoms with Crippen molar-refractivity contribution in [2.75, 3.05) is 0 Å². The van der Waals surface area contributed by atoms with Crippen LogP contribution in [0.25, 0.3) is 86.2 Å². The molecule has 62 heavy (non-hydrogen) atoms.